The number of anilines is 1. The van der Waals surface area contributed by atoms with E-state index in [1.54, 1.807) is 18.2 Å². The predicted molar refractivity (Wildman–Crippen MR) is 164 cm³/mol. The largest absolute Gasteiger partial charge is 0.417 e. The molecule has 1 N–H and O–H groups in total. The van der Waals surface area contributed by atoms with Gasteiger partial charge in [0.2, 0.25) is 5.91 Å². The molecule has 1 aromatic heterocycles. The molecular formula is C35H25ClF3N3O. The molecule has 8 heteroatoms. The van der Waals surface area contributed by atoms with E-state index in [-0.39, 0.29) is 22.3 Å². The summed E-state index contributed by atoms with van der Waals surface area (Å²) in [4.78, 5) is 12.4. The molecule has 0 spiro atoms. The monoisotopic (exact) mass is 595 g/mol. The second-order valence-corrected chi connectivity index (χ2v) is 10.6. The molecule has 0 fully saturated rings. The number of rotatable bonds is 6. The van der Waals surface area contributed by atoms with Crippen molar-refractivity contribution in [3.8, 4) is 11.1 Å². The Bertz CT molecular complexity index is 1820. The first kappa shape index (κ1) is 28.2. The number of nitrogens with zero attached hydrogens (tertiary/aromatic N) is 2. The van der Waals surface area contributed by atoms with Crippen LogP contribution in [0.1, 0.15) is 29.2 Å². The van der Waals surface area contributed by atoms with Gasteiger partial charge >= 0.3 is 6.18 Å². The Morgan fingerprint density at radius 3 is 1.77 bits per heavy atom. The van der Waals surface area contributed by atoms with Gasteiger partial charge in [0.05, 0.1) is 11.1 Å². The van der Waals surface area contributed by atoms with Gasteiger partial charge in [-0.25, -0.2) is 4.68 Å². The highest BCUT2D eigenvalue weighted by Crippen LogP contribution is 2.45. The number of halogens is 4. The summed E-state index contributed by atoms with van der Waals surface area (Å²) in [5, 5.41) is 8.28. The van der Waals surface area contributed by atoms with Gasteiger partial charge in [0.1, 0.15) is 5.54 Å². The predicted octanol–water partition coefficient (Wildman–Crippen LogP) is 9.17. The topological polar surface area (TPSA) is 46.9 Å². The minimum Gasteiger partial charge on any atom is -0.309 e. The molecule has 214 valence electrons. The zero-order chi connectivity index (χ0) is 30.2. The molecule has 6 rings (SSSR count). The van der Waals surface area contributed by atoms with Gasteiger partial charge < -0.3 is 5.32 Å². The number of benzene rings is 5. The van der Waals surface area contributed by atoms with Crippen LogP contribution in [0.2, 0.25) is 5.02 Å². The zero-order valence-electron chi connectivity index (χ0n) is 22.9. The van der Waals surface area contributed by atoms with Crippen molar-refractivity contribution in [2.75, 3.05) is 5.32 Å². The lowest BCUT2D eigenvalue weighted by Crippen LogP contribution is -2.38. The number of carbonyl (C=O) groups is 1. The van der Waals surface area contributed by atoms with E-state index in [2.05, 4.69) is 5.32 Å². The zero-order valence-corrected chi connectivity index (χ0v) is 23.7. The first-order valence-electron chi connectivity index (χ1n) is 13.5. The molecule has 5 aromatic carbocycles. The van der Waals surface area contributed by atoms with E-state index in [4.69, 9.17) is 16.7 Å². The SMILES string of the molecule is CC(=O)Nc1nn(C(c2ccccc2)(c2ccccc2)c2ccccc2)c2ccc(-c3ccc(Cl)cc3C(F)(F)F)cc12. The molecule has 0 unspecified atom stereocenters. The first-order valence-corrected chi connectivity index (χ1v) is 13.9. The molecule has 0 saturated heterocycles. The number of hydrogen-bond donors (Lipinski definition) is 1. The number of hydrogen-bond acceptors (Lipinski definition) is 2. The molecule has 0 aliphatic rings. The fourth-order valence-electron chi connectivity index (χ4n) is 5.71. The molecular weight excluding hydrogens is 571 g/mol. The molecule has 43 heavy (non-hydrogen) atoms. The van der Waals surface area contributed by atoms with Crippen molar-refractivity contribution in [2.45, 2.75) is 18.6 Å². The number of aromatic nitrogens is 2. The Morgan fingerprint density at radius 2 is 1.28 bits per heavy atom. The van der Waals surface area contributed by atoms with Crippen molar-refractivity contribution in [3.63, 3.8) is 0 Å². The number of carbonyl (C=O) groups excluding carboxylic acids is 1. The highest BCUT2D eigenvalue weighted by Gasteiger charge is 2.41. The van der Waals surface area contributed by atoms with Gasteiger partial charge in [0, 0.05) is 17.3 Å². The van der Waals surface area contributed by atoms with E-state index >= 15 is 0 Å². The summed E-state index contributed by atoms with van der Waals surface area (Å²) in [5.41, 5.74) is 1.78. The summed E-state index contributed by atoms with van der Waals surface area (Å²) in [6.45, 7) is 1.37. The standard InChI is InChI=1S/C35H25ClF3N3O/c1-23(43)40-33-30-21-24(29-19-18-28(36)22-31(29)35(37,38)39)17-20-32(30)42(41-33)34(25-11-5-2-6-12-25,26-13-7-3-8-14-26)27-15-9-4-10-16-27/h2-22H,1H3,(H,40,41,43). The minimum absolute atomic E-state index is 0.0118. The lowest BCUT2D eigenvalue weighted by atomic mass is 9.77. The highest BCUT2D eigenvalue weighted by molar-refractivity contribution is 6.30. The number of fused-ring (bicyclic) bond motifs is 1. The van der Waals surface area contributed by atoms with Crippen molar-refractivity contribution >= 4 is 34.2 Å². The van der Waals surface area contributed by atoms with Crippen molar-refractivity contribution in [2.24, 2.45) is 0 Å². The van der Waals surface area contributed by atoms with Crippen LogP contribution in [-0.2, 0) is 16.5 Å². The van der Waals surface area contributed by atoms with E-state index in [1.807, 2.05) is 95.7 Å². The third kappa shape index (κ3) is 5.06. The second kappa shape index (κ2) is 11.1. The number of nitrogens with one attached hydrogen (secondary N) is 1. The number of alkyl halides is 3. The van der Waals surface area contributed by atoms with Crippen LogP contribution in [-0.4, -0.2) is 15.7 Å². The van der Waals surface area contributed by atoms with Crippen molar-refractivity contribution in [3.05, 3.63) is 155 Å². The molecule has 0 aliphatic heterocycles. The van der Waals surface area contributed by atoms with Gasteiger partial charge in [-0.1, -0.05) is 115 Å². The van der Waals surface area contributed by atoms with Gasteiger partial charge in [-0.15, -0.1) is 0 Å². The molecule has 0 atom stereocenters. The summed E-state index contributed by atoms with van der Waals surface area (Å²) >= 11 is 5.96. The van der Waals surface area contributed by atoms with Crippen molar-refractivity contribution in [1.82, 2.24) is 9.78 Å². The van der Waals surface area contributed by atoms with Crippen LogP contribution in [0.4, 0.5) is 19.0 Å². The Kier molecular flexibility index (Phi) is 7.28. The van der Waals surface area contributed by atoms with E-state index in [1.165, 1.54) is 19.1 Å². The molecule has 4 nitrogen and oxygen atoms in total. The minimum atomic E-state index is -4.62. The molecule has 0 saturated carbocycles. The maximum absolute atomic E-state index is 14.1. The molecule has 0 radical (unpaired) electrons. The maximum atomic E-state index is 14.1. The van der Waals surface area contributed by atoms with Crippen LogP contribution in [0.15, 0.2) is 127 Å². The summed E-state index contributed by atoms with van der Waals surface area (Å²) in [7, 11) is 0. The van der Waals surface area contributed by atoms with E-state index in [0.29, 0.717) is 16.5 Å². The summed E-state index contributed by atoms with van der Waals surface area (Å²) in [5.74, 6) is -0.122. The van der Waals surface area contributed by atoms with Crippen molar-refractivity contribution in [1.29, 1.82) is 0 Å². The quantitative estimate of drug-likeness (QED) is 0.195. The van der Waals surface area contributed by atoms with E-state index in [0.717, 1.165) is 22.8 Å². The second-order valence-electron chi connectivity index (χ2n) is 10.2. The average Bonchev–Trinajstić information content (AvgIpc) is 3.36. The lowest BCUT2D eigenvalue weighted by molar-refractivity contribution is -0.137. The van der Waals surface area contributed by atoms with Gasteiger partial charge in [-0.05, 0) is 52.1 Å². The lowest BCUT2D eigenvalue weighted by Gasteiger charge is -2.37. The van der Waals surface area contributed by atoms with Gasteiger partial charge in [-0.3, -0.25) is 4.79 Å². The number of amides is 1. The third-order valence-electron chi connectivity index (χ3n) is 7.46. The Labute approximate surface area is 251 Å². The van der Waals surface area contributed by atoms with Crippen LogP contribution in [0.3, 0.4) is 0 Å². The molecule has 1 amide bonds. The third-order valence-corrected chi connectivity index (χ3v) is 7.70. The summed E-state index contributed by atoms with van der Waals surface area (Å²) in [6, 6.07) is 38.4. The highest BCUT2D eigenvalue weighted by atomic mass is 35.5. The Balaban J connectivity index is 1.71. The fourth-order valence-corrected chi connectivity index (χ4v) is 5.88. The normalized spacial score (nSPS) is 11.9. The van der Waals surface area contributed by atoms with Crippen LogP contribution in [0.25, 0.3) is 22.0 Å². The van der Waals surface area contributed by atoms with Gasteiger partial charge in [0.25, 0.3) is 0 Å². The Morgan fingerprint density at radius 1 is 0.744 bits per heavy atom. The van der Waals surface area contributed by atoms with Gasteiger partial charge in [0.15, 0.2) is 5.82 Å². The van der Waals surface area contributed by atoms with E-state index in [9.17, 15) is 18.0 Å². The molecule has 0 bridgehead atoms. The molecule has 1 heterocycles. The van der Waals surface area contributed by atoms with Gasteiger partial charge in [-0.2, -0.15) is 18.3 Å². The summed E-state index contributed by atoms with van der Waals surface area (Å²) < 4.78 is 44.1. The average molecular weight is 596 g/mol. The first-order chi connectivity index (χ1) is 20.7. The van der Waals surface area contributed by atoms with E-state index < -0.39 is 17.3 Å². The van der Waals surface area contributed by atoms with Crippen molar-refractivity contribution < 1.29 is 18.0 Å². The van der Waals surface area contributed by atoms with Crippen LogP contribution >= 0.6 is 11.6 Å². The van der Waals surface area contributed by atoms with Crippen LogP contribution in [0.5, 0.6) is 0 Å². The summed E-state index contributed by atoms with van der Waals surface area (Å²) in [6.07, 6.45) is -4.62. The molecule has 0 aliphatic carbocycles. The van der Waals surface area contributed by atoms with Crippen LogP contribution < -0.4 is 5.32 Å². The fraction of sp³-hybridized carbons (Fsp3) is 0.0857. The molecule has 6 aromatic rings. The Hall–Kier alpha value is -4.88. The van der Waals surface area contributed by atoms with Crippen LogP contribution in [0, 0.1) is 0 Å². The maximum Gasteiger partial charge on any atom is 0.417 e. The smallest absolute Gasteiger partial charge is 0.309 e.